The molecule has 3 heterocycles. The molecule has 2 aromatic heterocycles. The number of carbonyl (C=O) groups is 1. The summed E-state index contributed by atoms with van der Waals surface area (Å²) in [5.74, 6) is 0.271. The first-order valence-electron chi connectivity index (χ1n) is 5.46. The molecule has 1 fully saturated rings. The summed E-state index contributed by atoms with van der Waals surface area (Å²) >= 11 is 1.47. The van der Waals surface area contributed by atoms with Crippen molar-refractivity contribution < 1.29 is 4.79 Å². The first kappa shape index (κ1) is 10.6. The minimum absolute atomic E-state index is 0.0369. The van der Waals surface area contributed by atoms with Gasteiger partial charge < -0.3 is 10.3 Å². The molecule has 0 saturated carbocycles. The molecule has 0 amide bonds. The number of ketones is 1. The van der Waals surface area contributed by atoms with E-state index in [1.54, 1.807) is 0 Å². The van der Waals surface area contributed by atoms with E-state index in [2.05, 4.69) is 15.3 Å². The zero-order chi connectivity index (χ0) is 11.8. The average Bonchev–Trinajstić information content (AvgIpc) is 2.74. The van der Waals surface area contributed by atoms with Crippen molar-refractivity contribution in [2.75, 3.05) is 6.54 Å². The lowest BCUT2D eigenvalue weighted by atomic mass is 10.0. The fraction of sp³-hybridized carbons (Fsp3) is 0.364. The average molecular weight is 249 g/mol. The standard InChI is InChI=1S/C11H11N3O2S/c15-6-1-2-12-8(3-6)9-4-7-10(16)13-5-14-11(7)17-9/h4-5,8,12H,1-3H2,(H,13,14,16). The van der Waals surface area contributed by atoms with Gasteiger partial charge in [-0.2, -0.15) is 0 Å². The Kier molecular flexibility index (Phi) is 2.53. The predicted octanol–water partition coefficient (Wildman–Crippen LogP) is 0.978. The number of H-pyrrole nitrogens is 1. The van der Waals surface area contributed by atoms with Crippen LogP contribution in [0.25, 0.3) is 10.2 Å². The summed E-state index contributed by atoms with van der Waals surface area (Å²) in [5, 5.41) is 3.90. The maximum absolute atomic E-state index is 11.6. The molecule has 1 unspecified atom stereocenters. The van der Waals surface area contributed by atoms with E-state index in [9.17, 15) is 9.59 Å². The van der Waals surface area contributed by atoms with E-state index in [4.69, 9.17) is 0 Å². The third-order valence-corrected chi connectivity index (χ3v) is 4.08. The van der Waals surface area contributed by atoms with E-state index in [0.717, 1.165) is 9.71 Å². The number of fused-ring (bicyclic) bond motifs is 1. The zero-order valence-corrected chi connectivity index (χ0v) is 9.84. The van der Waals surface area contributed by atoms with Crippen LogP contribution in [0.3, 0.4) is 0 Å². The summed E-state index contributed by atoms with van der Waals surface area (Å²) in [6.45, 7) is 0.710. The number of aromatic amines is 1. The number of hydrogen-bond donors (Lipinski definition) is 2. The molecule has 0 aliphatic carbocycles. The van der Waals surface area contributed by atoms with E-state index < -0.39 is 0 Å². The van der Waals surface area contributed by atoms with Gasteiger partial charge in [0.1, 0.15) is 10.6 Å². The summed E-state index contributed by atoms with van der Waals surface area (Å²) in [6.07, 6.45) is 2.51. The maximum atomic E-state index is 11.6. The summed E-state index contributed by atoms with van der Waals surface area (Å²) in [5.41, 5.74) is -0.125. The van der Waals surface area contributed by atoms with Crippen molar-refractivity contribution in [1.82, 2.24) is 15.3 Å². The second-order valence-electron chi connectivity index (χ2n) is 4.10. The van der Waals surface area contributed by atoms with Gasteiger partial charge in [-0.15, -0.1) is 11.3 Å². The van der Waals surface area contributed by atoms with E-state index in [0.29, 0.717) is 24.8 Å². The predicted molar refractivity (Wildman–Crippen MR) is 65.2 cm³/mol. The highest BCUT2D eigenvalue weighted by Gasteiger charge is 2.22. The molecule has 1 aliphatic rings. The topological polar surface area (TPSA) is 74.8 Å². The molecule has 2 N–H and O–H groups in total. The Bertz CT molecular complexity index is 631. The Morgan fingerprint density at radius 1 is 1.41 bits per heavy atom. The molecule has 0 bridgehead atoms. The SMILES string of the molecule is O=C1CCNC(c2cc3c(=O)[nH]cnc3s2)C1. The number of Topliss-reactive ketones (excluding diaryl/α,β-unsaturated/α-hetero) is 1. The van der Waals surface area contributed by atoms with Crippen LogP contribution in [-0.2, 0) is 4.79 Å². The highest BCUT2D eigenvalue weighted by atomic mass is 32.1. The molecule has 2 aromatic rings. The van der Waals surface area contributed by atoms with Crippen LogP contribution in [0.1, 0.15) is 23.8 Å². The quantitative estimate of drug-likeness (QED) is 0.790. The van der Waals surface area contributed by atoms with E-state index in [1.807, 2.05) is 6.07 Å². The highest BCUT2D eigenvalue weighted by Crippen LogP contribution is 2.29. The molecule has 1 aliphatic heterocycles. The number of thiophene rings is 1. The third kappa shape index (κ3) is 1.89. The van der Waals surface area contributed by atoms with Gasteiger partial charge in [0, 0.05) is 30.3 Å². The normalized spacial score (nSPS) is 20.9. The molecule has 6 heteroatoms. The van der Waals surface area contributed by atoms with Gasteiger partial charge in [0.25, 0.3) is 5.56 Å². The number of aromatic nitrogens is 2. The molecule has 0 radical (unpaired) electrons. The summed E-state index contributed by atoms with van der Waals surface area (Å²) < 4.78 is 0. The molecule has 1 saturated heterocycles. The minimum Gasteiger partial charge on any atom is -0.313 e. The molecular weight excluding hydrogens is 238 g/mol. The van der Waals surface area contributed by atoms with Crippen molar-refractivity contribution in [1.29, 1.82) is 0 Å². The van der Waals surface area contributed by atoms with E-state index in [-0.39, 0.29) is 17.4 Å². The molecule has 17 heavy (non-hydrogen) atoms. The van der Waals surface area contributed by atoms with Gasteiger partial charge in [0.05, 0.1) is 11.7 Å². The Labute approximate surface area is 101 Å². The van der Waals surface area contributed by atoms with Gasteiger partial charge in [0.2, 0.25) is 0 Å². The van der Waals surface area contributed by atoms with Crippen molar-refractivity contribution in [2.24, 2.45) is 0 Å². The molecule has 5 nitrogen and oxygen atoms in total. The number of carbonyl (C=O) groups excluding carboxylic acids is 1. The van der Waals surface area contributed by atoms with Crippen LogP contribution in [0.15, 0.2) is 17.2 Å². The Hall–Kier alpha value is -1.53. The van der Waals surface area contributed by atoms with Crippen LogP contribution in [-0.4, -0.2) is 22.3 Å². The van der Waals surface area contributed by atoms with Crippen molar-refractivity contribution in [3.63, 3.8) is 0 Å². The maximum Gasteiger partial charge on any atom is 0.259 e. The fourth-order valence-corrected chi connectivity index (χ4v) is 3.12. The minimum atomic E-state index is -0.125. The van der Waals surface area contributed by atoms with Crippen LogP contribution >= 0.6 is 11.3 Å². The molecule has 1 atom stereocenters. The highest BCUT2D eigenvalue weighted by molar-refractivity contribution is 7.18. The Morgan fingerprint density at radius 3 is 3.06 bits per heavy atom. The lowest BCUT2D eigenvalue weighted by molar-refractivity contribution is -0.120. The van der Waals surface area contributed by atoms with Crippen LogP contribution in [0, 0.1) is 0 Å². The van der Waals surface area contributed by atoms with Crippen LogP contribution in [0.4, 0.5) is 0 Å². The van der Waals surface area contributed by atoms with Crippen LogP contribution in [0.5, 0.6) is 0 Å². The number of hydrogen-bond acceptors (Lipinski definition) is 5. The second-order valence-corrected chi connectivity index (χ2v) is 5.16. The molecule has 88 valence electrons. The summed E-state index contributed by atoms with van der Waals surface area (Å²) in [4.78, 5) is 31.4. The number of piperidine rings is 1. The summed E-state index contributed by atoms with van der Waals surface area (Å²) in [6, 6.07) is 1.87. The molecule has 3 rings (SSSR count). The largest absolute Gasteiger partial charge is 0.313 e. The van der Waals surface area contributed by atoms with Crippen molar-refractivity contribution in [3.05, 3.63) is 27.6 Å². The van der Waals surface area contributed by atoms with Crippen molar-refractivity contribution >= 4 is 27.3 Å². The van der Waals surface area contributed by atoms with Gasteiger partial charge in [-0.25, -0.2) is 4.98 Å². The van der Waals surface area contributed by atoms with E-state index >= 15 is 0 Å². The van der Waals surface area contributed by atoms with Crippen LogP contribution in [0.2, 0.25) is 0 Å². The third-order valence-electron chi connectivity index (χ3n) is 2.92. The van der Waals surface area contributed by atoms with E-state index in [1.165, 1.54) is 17.7 Å². The van der Waals surface area contributed by atoms with Gasteiger partial charge in [-0.3, -0.25) is 9.59 Å². The summed E-state index contributed by atoms with van der Waals surface area (Å²) in [7, 11) is 0. The molecular formula is C11H11N3O2S. The Morgan fingerprint density at radius 2 is 2.29 bits per heavy atom. The Balaban J connectivity index is 2.03. The number of rotatable bonds is 1. The number of nitrogens with zero attached hydrogens (tertiary/aromatic N) is 1. The van der Waals surface area contributed by atoms with Gasteiger partial charge in [0.15, 0.2) is 0 Å². The number of nitrogens with one attached hydrogen (secondary N) is 2. The molecule has 0 aromatic carbocycles. The first-order chi connectivity index (χ1) is 8.24. The van der Waals surface area contributed by atoms with Gasteiger partial charge in [-0.05, 0) is 6.07 Å². The lowest BCUT2D eigenvalue weighted by Gasteiger charge is -2.21. The van der Waals surface area contributed by atoms with Crippen molar-refractivity contribution in [3.8, 4) is 0 Å². The second kappa shape index (κ2) is 4.05. The van der Waals surface area contributed by atoms with Gasteiger partial charge in [-0.1, -0.05) is 0 Å². The first-order valence-corrected chi connectivity index (χ1v) is 6.28. The molecule has 0 spiro atoms. The van der Waals surface area contributed by atoms with Crippen molar-refractivity contribution in [2.45, 2.75) is 18.9 Å². The smallest absolute Gasteiger partial charge is 0.259 e. The lowest BCUT2D eigenvalue weighted by Crippen LogP contribution is -2.31. The fourth-order valence-electron chi connectivity index (χ4n) is 2.05. The van der Waals surface area contributed by atoms with Gasteiger partial charge >= 0.3 is 0 Å². The zero-order valence-electron chi connectivity index (χ0n) is 9.03. The monoisotopic (exact) mass is 249 g/mol. The van der Waals surface area contributed by atoms with Crippen LogP contribution < -0.4 is 10.9 Å².